The zero-order valence-electron chi connectivity index (χ0n) is 10.4. The predicted octanol–water partition coefficient (Wildman–Crippen LogP) is 1.61. The fourth-order valence-corrected chi connectivity index (χ4v) is 1.59. The number of ketones is 1. The molecule has 0 aliphatic rings. The lowest BCUT2D eigenvalue weighted by Crippen LogP contribution is -2.35. The van der Waals surface area contributed by atoms with Gasteiger partial charge in [-0.2, -0.15) is 0 Å². The molecule has 1 aromatic carbocycles. The van der Waals surface area contributed by atoms with Gasteiger partial charge in [0.05, 0.1) is 11.9 Å². The summed E-state index contributed by atoms with van der Waals surface area (Å²) in [7, 11) is 0. The maximum atomic E-state index is 12.2. The van der Waals surface area contributed by atoms with Crippen molar-refractivity contribution in [3.63, 3.8) is 0 Å². The van der Waals surface area contributed by atoms with E-state index in [1.807, 2.05) is 30.3 Å². The zero-order valence-corrected chi connectivity index (χ0v) is 10.4. The van der Waals surface area contributed by atoms with Gasteiger partial charge in [-0.1, -0.05) is 30.3 Å². The van der Waals surface area contributed by atoms with E-state index in [2.05, 4.69) is 10.3 Å². The van der Waals surface area contributed by atoms with Crippen molar-refractivity contribution in [1.82, 2.24) is 15.0 Å². The number of hydrogen-bond acceptors (Lipinski definition) is 4. The quantitative estimate of drug-likeness (QED) is 0.831. The molecule has 1 heterocycles. The molecule has 0 saturated heterocycles. The van der Waals surface area contributed by atoms with Crippen LogP contribution in [0.4, 0.5) is 0 Å². The van der Waals surface area contributed by atoms with E-state index >= 15 is 0 Å². The van der Waals surface area contributed by atoms with Crippen LogP contribution in [-0.2, 0) is 0 Å². The molecule has 94 valence electrons. The summed E-state index contributed by atoms with van der Waals surface area (Å²) < 4.78 is 1.44. The van der Waals surface area contributed by atoms with Crippen molar-refractivity contribution in [2.75, 3.05) is 0 Å². The van der Waals surface area contributed by atoms with Gasteiger partial charge in [-0.25, -0.2) is 4.68 Å². The Kier molecular flexibility index (Phi) is 3.25. The summed E-state index contributed by atoms with van der Waals surface area (Å²) in [5.41, 5.74) is -0.368. The van der Waals surface area contributed by atoms with Crippen LogP contribution >= 0.6 is 0 Å². The van der Waals surface area contributed by atoms with Crippen molar-refractivity contribution < 1.29 is 9.90 Å². The average molecular weight is 245 g/mol. The fourth-order valence-electron chi connectivity index (χ4n) is 1.59. The number of rotatable bonds is 4. The van der Waals surface area contributed by atoms with Gasteiger partial charge in [0.25, 0.3) is 0 Å². The highest BCUT2D eigenvalue weighted by atomic mass is 16.3. The van der Waals surface area contributed by atoms with Crippen LogP contribution in [0.15, 0.2) is 36.5 Å². The van der Waals surface area contributed by atoms with E-state index in [0.29, 0.717) is 6.42 Å². The molecule has 5 heteroatoms. The van der Waals surface area contributed by atoms with Crippen LogP contribution in [0.2, 0.25) is 0 Å². The van der Waals surface area contributed by atoms with Crippen LogP contribution < -0.4 is 0 Å². The summed E-state index contributed by atoms with van der Waals surface area (Å²) in [5, 5.41) is 17.7. The van der Waals surface area contributed by atoms with Gasteiger partial charge in [0, 0.05) is 0 Å². The number of carbonyl (C=O) groups is 1. The summed E-state index contributed by atoms with van der Waals surface area (Å²) in [6, 6.07) is 9.23. The lowest BCUT2D eigenvalue weighted by Gasteiger charge is -2.19. The summed E-state index contributed by atoms with van der Waals surface area (Å²) >= 11 is 0. The first-order chi connectivity index (χ1) is 8.56. The number of para-hydroxylation sites is 1. The molecule has 0 aliphatic heterocycles. The Morgan fingerprint density at radius 3 is 2.67 bits per heavy atom. The van der Waals surface area contributed by atoms with E-state index in [0.717, 1.165) is 5.69 Å². The Balaban J connectivity index is 2.44. The maximum Gasteiger partial charge on any atom is 0.214 e. The van der Waals surface area contributed by atoms with Gasteiger partial charge in [0.2, 0.25) is 5.78 Å². The van der Waals surface area contributed by atoms with E-state index in [1.54, 1.807) is 6.92 Å². The smallest absolute Gasteiger partial charge is 0.214 e. The number of Topliss-reactive ketones (excluding diaryl/α,β-unsaturated/α-hetero) is 1. The van der Waals surface area contributed by atoms with E-state index in [4.69, 9.17) is 0 Å². The van der Waals surface area contributed by atoms with Crippen LogP contribution in [-0.4, -0.2) is 31.5 Å². The average Bonchev–Trinajstić information content (AvgIpc) is 2.87. The van der Waals surface area contributed by atoms with E-state index in [-0.39, 0.29) is 11.5 Å². The number of nitrogens with zero attached hydrogens (tertiary/aromatic N) is 3. The molecule has 0 fully saturated rings. The molecule has 18 heavy (non-hydrogen) atoms. The topological polar surface area (TPSA) is 68.0 Å². The highest BCUT2D eigenvalue weighted by molar-refractivity contribution is 6.00. The minimum Gasteiger partial charge on any atom is -0.382 e. The number of hydrogen-bond donors (Lipinski definition) is 1. The van der Waals surface area contributed by atoms with Crippen molar-refractivity contribution in [2.45, 2.75) is 25.9 Å². The molecular weight excluding hydrogens is 230 g/mol. The first-order valence-electron chi connectivity index (χ1n) is 5.79. The van der Waals surface area contributed by atoms with Gasteiger partial charge in [0.1, 0.15) is 11.3 Å². The van der Waals surface area contributed by atoms with Crippen LogP contribution in [0.1, 0.15) is 30.8 Å². The van der Waals surface area contributed by atoms with Crippen molar-refractivity contribution in [1.29, 1.82) is 0 Å². The summed E-state index contributed by atoms with van der Waals surface area (Å²) in [5.74, 6) is -0.376. The fraction of sp³-hybridized carbons (Fsp3) is 0.308. The second-order valence-corrected chi connectivity index (χ2v) is 4.32. The molecule has 0 spiro atoms. The largest absolute Gasteiger partial charge is 0.382 e. The van der Waals surface area contributed by atoms with Crippen molar-refractivity contribution >= 4 is 5.78 Å². The van der Waals surface area contributed by atoms with Crippen molar-refractivity contribution in [3.8, 4) is 5.69 Å². The summed E-state index contributed by atoms with van der Waals surface area (Å²) in [6.07, 6.45) is 1.71. The van der Waals surface area contributed by atoms with Crippen molar-refractivity contribution in [3.05, 3.63) is 42.2 Å². The van der Waals surface area contributed by atoms with Crippen LogP contribution in [0.25, 0.3) is 5.69 Å². The Labute approximate surface area is 105 Å². The minimum atomic E-state index is -1.39. The van der Waals surface area contributed by atoms with E-state index < -0.39 is 5.60 Å². The Bertz CT molecular complexity index is 546. The molecule has 0 amide bonds. The number of carbonyl (C=O) groups excluding carboxylic acids is 1. The molecule has 0 saturated carbocycles. The molecule has 0 radical (unpaired) electrons. The standard InChI is InChI=1S/C13H15N3O2/c1-3-13(2,18)12(17)11-9-14-15-16(11)10-7-5-4-6-8-10/h4-9,18H,3H2,1-2H3. The number of benzene rings is 1. The van der Waals surface area contributed by atoms with Gasteiger partial charge in [0.15, 0.2) is 0 Å². The molecule has 1 unspecified atom stereocenters. The number of aliphatic hydroxyl groups is 1. The molecule has 5 nitrogen and oxygen atoms in total. The van der Waals surface area contributed by atoms with Crippen LogP contribution in [0, 0.1) is 0 Å². The first-order valence-corrected chi connectivity index (χ1v) is 5.79. The SMILES string of the molecule is CCC(C)(O)C(=O)c1cnnn1-c1ccccc1. The first kappa shape index (κ1) is 12.4. The summed E-state index contributed by atoms with van der Waals surface area (Å²) in [4.78, 5) is 12.2. The molecule has 1 N–H and O–H groups in total. The third-order valence-corrected chi connectivity index (χ3v) is 2.96. The van der Waals surface area contributed by atoms with Gasteiger partial charge < -0.3 is 5.11 Å². The molecular formula is C13H15N3O2. The molecule has 1 aromatic heterocycles. The Morgan fingerprint density at radius 1 is 1.39 bits per heavy atom. The van der Waals surface area contributed by atoms with E-state index in [1.165, 1.54) is 17.8 Å². The van der Waals surface area contributed by atoms with Crippen molar-refractivity contribution in [2.24, 2.45) is 0 Å². The lowest BCUT2D eigenvalue weighted by atomic mass is 9.96. The zero-order chi connectivity index (χ0) is 13.2. The number of aromatic nitrogens is 3. The van der Waals surface area contributed by atoms with E-state index in [9.17, 15) is 9.90 Å². The van der Waals surface area contributed by atoms with Gasteiger partial charge in [-0.15, -0.1) is 5.10 Å². The highest BCUT2D eigenvalue weighted by Crippen LogP contribution is 2.18. The Hall–Kier alpha value is -2.01. The summed E-state index contributed by atoms with van der Waals surface area (Å²) in [6.45, 7) is 3.26. The van der Waals surface area contributed by atoms with Gasteiger partial charge in [-0.3, -0.25) is 4.79 Å². The minimum absolute atomic E-state index is 0.285. The molecule has 0 aliphatic carbocycles. The molecule has 2 rings (SSSR count). The molecule has 1 atom stereocenters. The van der Waals surface area contributed by atoms with Crippen LogP contribution in [0.3, 0.4) is 0 Å². The maximum absolute atomic E-state index is 12.2. The molecule has 2 aromatic rings. The highest BCUT2D eigenvalue weighted by Gasteiger charge is 2.32. The second kappa shape index (κ2) is 4.70. The second-order valence-electron chi connectivity index (χ2n) is 4.32. The van der Waals surface area contributed by atoms with Gasteiger partial charge in [-0.05, 0) is 25.5 Å². The third kappa shape index (κ3) is 2.17. The lowest BCUT2D eigenvalue weighted by molar-refractivity contribution is 0.0382. The predicted molar refractivity (Wildman–Crippen MR) is 66.6 cm³/mol. The van der Waals surface area contributed by atoms with Crippen LogP contribution in [0.5, 0.6) is 0 Å². The normalized spacial score (nSPS) is 14.2. The molecule has 0 bridgehead atoms. The Morgan fingerprint density at radius 2 is 2.06 bits per heavy atom. The monoisotopic (exact) mass is 245 g/mol. The third-order valence-electron chi connectivity index (χ3n) is 2.96. The van der Waals surface area contributed by atoms with Gasteiger partial charge >= 0.3 is 0 Å².